The van der Waals surface area contributed by atoms with Crippen molar-refractivity contribution in [3.05, 3.63) is 48.0 Å². The molecule has 1 amide bonds. The van der Waals surface area contributed by atoms with Gasteiger partial charge in [-0.05, 0) is 26.0 Å². The van der Waals surface area contributed by atoms with Gasteiger partial charge in [0.05, 0.1) is 6.42 Å². The number of nitrogens with zero attached hydrogens (tertiary/aromatic N) is 2. The molecule has 1 saturated heterocycles. The average Bonchev–Trinajstić information content (AvgIpc) is 2.71. The zero-order valence-corrected chi connectivity index (χ0v) is 17.3. The van der Waals surface area contributed by atoms with Crippen molar-refractivity contribution in [2.45, 2.75) is 25.9 Å². The number of aromatic hydroxyl groups is 1. The molecule has 2 aliphatic rings. The predicted octanol–water partition coefficient (Wildman–Crippen LogP) is 2.86. The number of carbonyl (C=O) groups excluding carboxylic acids is 2. The van der Waals surface area contributed by atoms with Crippen LogP contribution in [0.5, 0.6) is 17.2 Å². The molecule has 4 rings (SSSR count). The zero-order valence-electron chi connectivity index (χ0n) is 17.3. The van der Waals surface area contributed by atoms with Crippen LogP contribution in [0.2, 0.25) is 0 Å². The SMILES string of the molecule is CC1(C)CC(=O)c2c(O)cc(OCC(=O)N3CCN(c4ccccc4)CC3)cc2O1. The third kappa shape index (κ3) is 4.20. The number of benzene rings is 2. The molecule has 0 aromatic heterocycles. The molecule has 7 heteroatoms. The van der Waals surface area contributed by atoms with Gasteiger partial charge in [0.2, 0.25) is 0 Å². The Labute approximate surface area is 175 Å². The summed E-state index contributed by atoms with van der Waals surface area (Å²) in [4.78, 5) is 28.9. The van der Waals surface area contributed by atoms with Crippen LogP contribution < -0.4 is 14.4 Å². The molecule has 2 heterocycles. The first-order chi connectivity index (χ1) is 14.3. The molecule has 0 atom stereocenters. The molecule has 2 aromatic rings. The number of piperazine rings is 1. The second-order valence-corrected chi connectivity index (χ2v) is 8.27. The van der Waals surface area contributed by atoms with Crippen molar-refractivity contribution in [2.75, 3.05) is 37.7 Å². The van der Waals surface area contributed by atoms with Gasteiger partial charge in [-0.15, -0.1) is 0 Å². The highest BCUT2D eigenvalue weighted by Crippen LogP contribution is 2.40. The fourth-order valence-corrected chi connectivity index (χ4v) is 3.92. The van der Waals surface area contributed by atoms with Gasteiger partial charge >= 0.3 is 0 Å². The molecule has 2 aliphatic heterocycles. The second kappa shape index (κ2) is 7.89. The van der Waals surface area contributed by atoms with Crippen molar-refractivity contribution in [2.24, 2.45) is 0 Å². The standard InChI is InChI=1S/C23H26N2O5/c1-23(2)14-19(27)22-18(26)12-17(13-20(22)30-23)29-15-21(28)25-10-8-24(9-11-25)16-6-4-3-5-7-16/h3-7,12-13,26H,8-11,14-15H2,1-2H3. The predicted molar refractivity (Wildman–Crippen MR) is 112 cm³/mol. The van der Waals surface area contributed by atoms with Crippen LogP contribution in [-0.4, -0.2) is 60.1 Å². The van der Waals surface area contributed by atoms with Crippen molar-refractivity contribution in [1.82, 2.24) is 4.90 Å². The summed E-state index contributed by atoms with van der Waals surface area (Å²) < 4.78 is 11.5. The number of amides is 1. The van der Waals surface area contributed by atoms with E-state index in [4.69, 9.17) is 9.47 Å². The van der Waals surface area contributed by atoms with Crippen molar-refractivity contribution >= 4 is 17.4 Å². The topological polar surface area (TPSA) is 79.3 Å². The molecule has 0 spiro atoms. The summed E-state index contributed by atoms with van der Waals surface area (Å²) in [5, 5.41) is 10.2. The van der Waals surface area contributed by atoms with E-state index >= 15 is 0 Å². The van der Waals surface area contributed by atoms with Gasteiger partial charge in [-0.2, -0.15) is 0 Å². The number of ketones is 1. The monoisotopic (exact) mass is 410 g/mol. The number of Topliss-reactive ketones (excluding diaryl/α,β-unsaturated/α-hetero) is 1. The molecule has 0 bridgehead atoms. The summed E-state index contributed by atoms with van der Waals surface area (Å²) in [5.41, 5.74) is 0.677. The number of phenols is 1. The number of ether oxygens (including phenoxy) is 2. The molecule has 1 N–H and O–H groups in total. The van der Waals surface area contributed by atoms with Crippen molar-refractivity contribution in [3.8, 4) is 17.2 Å². The van der Waals surface area contributed by atoms with Gasteiger partial charge in [0.1, 0.15) is 28.4 Å². The lowest BCUT2D eigenvalue weighted by atomic mass is 9.92. The Morgan fingerprint density at radius 2 is 1.83 bits per heavy atom. The first-order valence-electron chi connectivity index (χ1n) is 10.1. The Bertz CT molecular complexity index is 950. The molecular formula is C23H26N2O5. The van der Waals surface area contributed by atoms with Crippen LogP contribution in [0.15, 0.2) is 42.5 Å². The molecule has 2 aromatic carbocycles. The van der Waals surface area contributed by atoms with Gasteiger partial charge in [-0.1, -0.05) is 18.2 Å². The van der Waals surface area contributed by atoms with E-state index in [9.17, 15) is 14.7 Å². The smallest absolute Gasteiger partial charge is 0.260 e. The third-order valence-electron chi connectivity index (χ3n) is 5.42. The number of carbonyl (C=O) groups is 2. The average molecular weight is 410 g/mol. The highest BCUT2D eigenvalue weighted by atomic mass is 16.5. The van der Waals surface area contributed by atoms with Crippen LogP contribution in [0.4, 0.5) is 5.69 Å². The van der Waals surface area contributed by atoms with E-state index < -0.39 is 5.60 Å². The molecule has 30 heavy (non-hydrogen) atoms. The lowest BCUT2D eigenvalue weighted by Crippen LogP contribution is -2.50. The number of hydrogen-bond acceptors (Lipinski definition) is 6. The Morgan fingerprint density at radius 3 is 2.53 bits per heavy atom. The number of phenolic OH excluding ortho intramolecular Hbond substituents is 1. The zero-order chi connectivity index (χ0) is 21.3. The van der Waals surface area contributed by atoms with Gasteiger partial charge < -0.3 is 24.4 Å². The summed E-state index contributed by atoms with van der Waals surface area (Å²) in [6.45, 7) is 6.27. The summed E-state index contributed by atoms with van der Waals surface area (Å²) in [5.74, 6) is 0.116. The van der Waals surface area contributed by atoms with Gasteiger partial charge in [0, 0.05) is 44.0 Å². The van der Waals surface area contributed by atoms with Crippen molar-refractivity contribution in [3.63, 3.8) is 0 Å². The van der Waals surface area contributed by atoms with E-state index in [0.29, 0.717) is 18.8 Å². The quantitative estimate of drug-likeness (QED) is 0.835. The minimum absolute atomic E-state index is 0.114. The number of rotatable bonds is 4. The third-order valence-corrected chi connectivity index (χ3v) is 5.42. The highest BCUT2D eigenvalue weighted by Gasteiger charge is 2.35. The molecule has 0 aliphatic carbocycles. The van der Waals surface area contributed by atoms with E-state index in [1.807, 2.05) is 32.0 Å². The number of hydrogen-bond donors (Lipinski definition) is 1. The van der Waals surface area contributed by atoms with Crippen LogP contribution in [0.1, 0.15) is 30.6 Å². The lowest BCUT2D eigenvalue weighted by Gasteiger charge is -2.36. The maximum absolute atomic E-state index is 12.6. The van der Waals surface area contributed by atoms with E-state index in [1.54, 1.807) is 11.0 Å². The Balaban J connectivity index is 1.36. The summed E-state index contributed by atoms with van der Waals surface area (Å²) in [7, 11) is 0. The van der Waals surface area contributed by atoms with E-state index in [2.05, 4.69) is 17.0 Å². The van der Waals surface area contributed by atoms with Gasteiger partial charge in [0.15, 0.2) is 12.4 Å². The first-order valence-corrected chi connectivity index (χ1v) is 10.1. The summed E-state index contributed by atoms with van der Waals surface area (Å²) in [6, 6.07) is 13.1. The van der Waals surface area contributed by atoms with Crippen LogP contribution in [0, 0.1) is 0 Å². The molecule has 7 nitrogen and oxygen atoms in total. The van der Waals surface area contributed by atoms with Crippen molar-refractivity contribution < 1.29 is 24.2 Å². The molecule has 0 unspecified atom stereocenters. The largest absolute Gasteiger partial charge is 0.507 e. The second-order valence-electron chi connectivity index (χ2n) is 8.27. The Hall–Kier alpha value is -3.22. The normalized spacial score (nSPS) is 17.9. The number of para-hydroxylation sites is 1. The van der Waals surface area contributed by atoms with Crippen LogP contribution in [0.3, 0.4) is 0 Å². The maximum atomic E-state index is 12.6. The molecule has 0 saturated carbocycles. The Morgan fingerprint density at radius 1 is 1.13 bits per heavy atom. The van der Waals surface area contributed by atoms with E-state index in [1.165, 1.54) is 6.07 Å². The molecule has 158 valence electrons. The van der Waals surface area contributed by atoms with Crippen LogP contribution in [-0.2, 0) is 4.79 Å². The Kier molecular flexibility index (Phi) is 5.28. The minimum atomic E-state index is -0.649. The van der Waals surface area contributed by atoms with Gasteiger partial charge in [0.25, 0.3) is 5.91 Å². The fourth-order valence-electron chi connectivity index (χ4n) is 3.92. The molecule has 1 fully saturated rings. The maximum Gasteiger partial charge on any atom is 0.260 e. The summed E-state index contributed by atoms with van der Waals surface area (Å²) in [6.07, 6.45) is 0.196. The lowest BCUT2D eigenvalue weighted by molar-refractivity contribution is -0.133. The van der Waals surface area contributed by atoms with Crippen LogP contribution >= 0.6 is 0 Å². The fraction of sp³-hybridized carbons (Fsp3) is 0.391. The number of anilines is 1. The van der Waals surface area contributed by atoms with E-state index in [0.717, 1.165) is 18.8 Å². The minimum Gasteiger partial charge on any atom is -0.507 e. The van der Waals surface area contributed by atoms with Crippen LogP contribution in [0.25, 0.3) is 0 Å². The highest BCUT2D eigenvalue weighted by molar-refractivity contribution is 6.03. The number of fused-ring (bicyclic) bond motifs is 1. The van der Waals surface area contributed by atoms with E-state index in [-0.39, 0.29) is 41.8 Å². The molecule has 0 radical (unpaired) electrons. The van der Waals surface area contributed by atoms with Gasteiger partial charge in [-0.3, -0.25) is 9.59 Å². The molecular weight excluding hydrogens is 384 g/mol. The van der Waals surface area contributed by atoms with Gasteiger partial charge in [-0.25, -0.2) is 0 Å². The van der Waals surface area contributed by atoms with Crippen molar-refractivity contribution in [1.29, 1.82) is 0 Å². The summed E-state index contributed by atoms with van der Waals surface area (Å²) >= 11 is 0. The first kappa shape index (κ1) is 20.1.